The summed E-state index contributed by atoms with van der Waals surface area (Å²) >= 11 is 0. The van der Waals surface area contributed by atoms with Crippen LogP contribution in [0.3, 0.4) is 0 Å². The molecule has 0 N–H and O–H groups in total. The molecule has 0 aliphatic heterocycles. The summed E-state index contributed by atoms with van der Waals surface area (Å²) in [4.78, 5) is 10.8. The Balaban J connectivity index is 2.70. The summed E-state index contributed by atoms with van der Waals surface area (Å²) in [7, 11) is 3.03. The Hall–Kier alpha value is -1.97. The van der Waals surface area contributed by atoms with Crippen LogP contribution in [0, 0.1) is 0 Å². The normalized spacial score (nSPS) is 10.3. The third-order valence-corrected chi connectivity index (χ3v) is 2.20. The Kier molecular flexibility index (Phi) is 2.33. The molecular weight excluding hydrogens is 196 g/mol. The minimum Gasteiger partial charge on any atom is -0.497 e. The Morgan fingerprint density at radius 2 is 2.07 bits per heavy atom. The number of methoxy groups -OCH3 is 2. The van der Waals surface area contributed by atoms with Gasteiger partial charge in [0.15, 0.2) is 6.29 Å². The van der Waals surface area contributed by atoms with E-state index in [4.69, 9.17) is 13.9 Å². The largest absolute Gasteiger partial charge is 0.497 e. The van der Waals surface area contributed by atoms with Gasteiger partial charge in [-0.05, 0) is 12.1 Å². The first-order valence-electron chi connectivity index (χ1n) is 4.40. The van der Waals surface area contributed by atoms with Gasteiger partial charge < -0.3 is 13.9 Å². The predicted octanol–water partition coefficient (Wildman–Crippen LogP) is 2.26. The number of furan rings is 1. The molecule has 1 heterocycles. The summed E-state index contributed by atoms with van der Waals surface area (Å²) in [6.45, 7) is 0. The van der Waals surface area contributed by atoms with E-state index in [1.54, 1.807) is 25.3 Å². The average Bonchev–Trinajstić information content (AvgIpc) is 2.65. The van der Waals surface area contributed by atoms with Crippen LogP contribution in [0.2, 0.25) is 0 Å². The molecule has 0 aliphatic rings. The molecule has 78 valence electrons. The monoisotopic (exact) mass is 206 g/mol. The fourth-order valence-electron chi connectivity index (χ4n) is 1.46. The van der Waals surface area contributed by atoms with E-state index in [1.165, 1.54) is 7.11 Å². The minimum absolute atomic E-state index is 0.230. The van der Waals surface area contributed by atoms with Crippen molar-refractivity contribution in [3.05, 3.63) is 23.8 Å². The van der Waals surface area contributed by atoms with E-state index in [2.05, 4.69) is 0 Å². The molecule has 0 radical (unpaired) electrons. The molecule has 1 aromatic carbocycles. The molecule has 0 aliphatic carbocycles. The van der Waals surface area contributed by atoms with Crippen molar-refractivity contribution in [1.82, 2.24) is 0 Å². The number of carbonyl (C=O) groups excluding carboxylic acids is 1. The van der Waals surface area contributed by atoms with E-state index in [9.17, 15) is 4.79 Å². The molecule has 0 saturated carbocycles. The molecule has 4 heteroatoms. The summed E-state index contributed by atoms with van der Waals surface area (Å²) < 4.78 is 15.4. The van der Waals surface area contributed by atoms with Crippen LogP contribution in [0.4, 0.5) is 0 Å². The van der Waals surface area contributed by atoms with Crippen molar-refractivity contribution < 1.29 is 18.7 Å². The number of aldehydes is 1. The summed E-state index contributed by atoms with van der Waals surface area (Å²) in [5, 5.41) is 0.725. The van der Waals surface area contributed by atoms with Crippen LogP contribution in [-0.2, 0) is 0 Å². The smallest absolute Gasteiger partial charge is 0.296 e. The third kappa shape index (κ3) is 1.44. The zero-order valence-corrected chi connectivity index (χ0v) is 8.44. The molecule has 0 unspecified atom stereocenters. The fourth-order valence-corrected chi connectivity index (χ4v) is 1.46. The highest BCUT2D eigenvalue weighted by molar-refractivity contribution is 5.99. The van der Waals surface area contributed by atoms with E-state index in [1.807, 2.05) is 0 Å². The first-order chi connectivity index (χ1) is 7.30. The maximum Gasteiger partial charge on any atom is 0.296 e. The lowest BCUT2D eigenvalue weighted by atomic mass is 10.2. The number of ether oxygens (including phenoxy) is 2. The lowest BCUT2D eigenvalue weighted by Crippen LogP contribution is -1.85. The second kappa shape index (κ2) is 3.65. The van der Waals surface area contributed by atoms with Gasteiger partial charge in [0.1, 0.15) is 16.9 Å². The molecule has 0 saturated heterocycles. The van der Waals surface area contributed by atoms with Crippen LogP contribution in [0.1, 0.15) is 10.4 Å². The van der Waals surface area contributed by atoms with Gasteiger partial charge in [-0.25, -0.2) is 0 Å². The van der Waals surface area contributed by atoms with Crippen molar-refractivity contribution in [3.8, 4) is 11.7 Å². The second-order valence-corrected chi connectivity index (χ2v) is 2.99. The SMILES string of the molecule is COc1ccc2c(C=O)c(OC)oc2c1. The van der Waals surface area contributed by atoms with Crippen molar-refractivity contribution >= 4 is 17.3 Å². The summed E-state index contributed by atoms with van der Waals surface area (Å²) in [5.74, 6) is 0.907. The van der Waals surface area contributed by atoms with E-state index >= 15 is 0 Å². The number of carbonyl (C=O) groups is 1. The molecule has 15 heavy (non-hydrogen) atoms. The Bertz CT molecular complexity index is 499. The van der Waals surface area contributed by atoms with Gasteiger partial charge in [-0.2, -0.15) is 0 Å². The highest BCUT2D eigenvalue weighted by Gasteiger charge is 2.14. The Morgan fingerprint density at radius 1 is 1.27 bits per heavy atom. The van der Waals surface area contributed by atoms with Crippen LogP contribution in [0.15, 0.2) is 22.6 Å². The van der Waals surface area contributed by atoms with E-state index < -0.39 is 0 Å². The predicted molar refractivity (Wildman–Crippen MR) is 54.7 cm³/mol. The van der Waals surface area contributed by atoms with Crippen molar-refractivity contribution in [1.29, 1.82) is 0 Å². The third-order valence-electron chi connectivity index (χ3n) is 2.20. The molecule has 0 amide bonds. The van der Waals surface area contributed by atoms with Gasteiger partial charge in [0.2, 0.25) is 0 Å². The Labute approximate surface area is 86.4 Å². The molecule has 0 spiro atoms. The number of rotatable bonds is 3. The molecular formula is C11H10O4. The standard InChI is InChI=1S/C11H10O4/c1-13-7-3-4-8-9(6-12)11(14-2)15-10(8)5-7/h3-6H,1-2H3. The fraction of sp³-hybridized carbons (Fsp3) is 0.182. The average molecular weight is 206 g/mol. The summed E-state index contributed by atoms with van der Waals surface area (Å²) in [5.41, 5.74) is 1.00. The van der Waals surface area contributed by atoms with E-state index in [0.29, 0.717) is 16.9 Å². The van der Waals surface area contributed by atoms with Crippen molar-refractivity contribution in [2.75, 3.05) is 14.2 Å². The van der Waals surface area contributed by atoms with Crippen LogP contribution in [-0.4, -0.2) is 20.5 Å². The quantitative estimate of drug-likeness (QED) is 0.723. The highest BCUT2D eigenvalue weighted by Crippen LogP contribution is 2.32. The maximum absolute atomic E-state index is 10.8. The maximum atomic E-state index is 10.8. The van der Waals surface area contributed by atoms with Gasteiger partial charge in [0, 0.05) is 11.5 Å². The summed E-state index contributed by atoms with van der Waals surface area (Å²) in [6.07, 6.45) is 0.719. The van der Waals surface area contributed by atoms with Crippen molar-refractivity contribution in [2.24, 2.45) is 0 Å². The number of hydrogen-bond acceptors (Lipinski definition) is 4. The van der Waals surface area contributed by atoms with Crippen LogP contribution >= 0.6 is 0 Å². The van der Waals surface area contributed by atoms with Crippen LogP contribution < -0.4 is 9.47 Å². The van der Waals surface area contributed by atoms with Crippen molar-refractivity contribution in [2.45, 2.75) is 0 Å². The number of benzene rings is 1. The molecule has 0 fully saturated rings. The van der Waals surface area contributed by atoms with Gasteiger partial charge in [0.25, 0.3) is 5.95 Å². The van der Waals surface area contributed by atoms with E-state index in [0.717, 1.165) is 11.7 Å². The zero-order chi connectivity index (χ0) is 10.8. The first kappa shape index (κ1) is 9.58. The molecule has 2 rings (SSSR count). The lowest BCUT2D eigenvalue weighted by Gasteiger charge is -1.96. The number of fused-ring (bicyclic) bond motifs is 1. The number of hydrogen-bond donors (Lipinski definition) is 0. The molecule has 0 atom stereocenters. The second-order valence-electron chi connectivity index (χ2n) is 2.99. The first-order valence-corrected chi connectivity index (χ1v) is 4.40. The zero-order valence-electron chi connectivity index (χ0n) is 8.44. The van der Waals surface area contributed by atoms with Gasteiger partial charge in [0.05, 0.1) is 14.2 Å². The molecule has 2 aromatic rings. The van der Waals surface area contributed by atoms with Crippen molar-refractivity contribution in [3.63, 3.8) is 0 Å². The molecule has 4 nitrogen and oxygen atoms in total. The van der Waals surface area contributed by atoms with Gasteiger partial charge >= 0.3 is 0 Å². The van der Waals surface area contributed by atoms with Gasteiger partial charge in [-0.15, -0.1) is 0 Å². The minimum atomic E-state index is 0.230. The Morgan fingerprint density at radius 3 is 2.67 bits per heavy atom. The van der Waals surface area contributed by atoms with E-state index in [-0.39, 0.29) is 5.95 Å². The van der Waals surface area contributed by atoms with Crippen LogP contribution in [0.25, 0.3) is 11.0 Å². The van der Waals surface area contributed by atoms with Gasteiger partial charge in [-0.1, -0.05) is 0 Å². The lowest BCUT2D eigenvalue weighted by molar-refractivity contribution is 0.111. The van der Waals surface area contributed by atoms with Gasteiger partial charge in [-0.3, -0.25) is 4.79 Å². The molecule has 0 bridgehead atoms. The summed E-state index contributed by atoms with van der Waals surface area (Å²) in [6, 6.07) is 5.25. The van der Waals surface area contributed by atoms with Crippen LogP contribution in [0.5, 0.6) is 11.7 Å². The highest BCUT2D eigenvalue weighted by atomic mass is 16.6. The topological polar surface area (TPSA) is 48.7 Å². The molecule has 1 aromatic heterocycles.